The standard InChI is InChI=1S/C29H49N3O3/c1-25(2,3)17-28(10,11)31-22(33)19-14-20(16-21(15-19)30-24(35)27(7,8)9)23(34)32-29(12,13)18-26(4,5)6/h14-16H,17-18H2,1-13H3,(H,30,35)(H,31,33)(H,32,34). The molecule has 0 spiro atoms. The van der Waals surface area contributed by atoms with E-state index in [-0.39, 0.29) is 28.6 Å². The lowest BCUT2D eigenvalue weighted by molar-refractivity contribution is -0.123. The maximum Gasteiger partial charge on any atom is 0.251 e. The van der Waals surface area contributed by atoms with Crippen molar-refractivity contribution in [3.05, 3.63) is 29.3 Å². The van der Waals surface area contributed by atoms with Crippen LogP contribution in [0.5, 0.6) is 0 Å². The van der Waals surface area contributed by atoms with Crippen LogP contribution < -0.4 is 16.0 Å². The van der Waals surface area contributed by atoms with Gasteiger partial charge < -0.3 is 16.0 Å². The molecule has 1 rings (SSSR count). The first-order chi connectivity index (χ1) is 15.4. The number of rotatable bonds is 7. The highest BCUT2D eigenvalue weighted by atomic mass is 16.2. The highest BCUT2D eigenvalue weighted by Crippen LogP contribution is 2.29. The summed E-state index contributed by atoms with van der Waals surface area (Å²) in [6.07, 6.45) is 1.56. The van der Waals surface area contributed by atoms with Crippen LogP contribution in [0.2, 0.25) is 0 Å². The third kappa shape index (κ3) is 11.3. The van der Waals surface area contributed by atoms with Gasteiger partial charge in [0, 0.05) is 33.3 Å². The van der Waals surface area contributed by atoms with Crippen LogP contribution in [0, 0.1) is 16.2 Å². The molecule has 0 fully saturated rings. The first-order valence-electron chi connectivity index (χ1n) is 12.5. The van der Waals surface area contributed by atoms with Gasteiger partial charge in [0.05, 0.1) is 0 Å². The second kappa shape index (κ2) is 10.3. The fourth-order valence-electron chi connectivity index (χ4n) is 4.78. The van der Waals surface area contributed by atoms with Gasteiger partial charge in [0.2, 0.25) is 5.91 Å². The quantitative estimate of drug-likeness (QED) is 0.407. The lowest BCUT2D eigenvalue weighted by Crippen LogP contribution is -2.46. The molecular formula is C29H49N3O3. The van der Waals surface area contributed by atoms with E-state index in [4.69, 9.17) is 0 Å². The lowest BCUT2D eigenvalue weighted by Gasteiger charge is -2.34. The Hall–Kier alpha value is -2.37. The average molecular weight is 488 g/mol. The molecule has 0 saturated carbocycles. The van der Waals surface area contributed by atoms with Crippen LogP contribution in [-0.4, -0.2) is 28.8 Å². The Balaban J connectivity index is 3.37. The molecule has 1 aromatic rings. The van der Waals surface area contributed by atoms with Gasteiger partial charge in [0.1, 0.15) is 0 Å². The summed E-state index contributed by atoms with van der Waals surface area (Å²) in [7, 11) is 0. The summed E-state index contributed by atoms with van der Waals surface area (Å²) in [5.41, 5.74) is -0.371. The number of amides is 3. The van der Waals surface area contributed by atoms with E-state index in [0.29, 0.717) is 16.8 Å². The molecule has 0 heterocycles. The molecule has 35 heavy (non-hydrogen) atoms. The summed E-state index contributed by atoms with van der Waals surface area (Å²) < 4.78 is 0. The van der Waals surface area contributed by atoms with E-state index >= 15 is 0 Å². The van der Waals surface area contributed by atoms with Crippen molar-refractivity contribution in [1.29, 1.82) is 0 Å². The minimum atomic E-state index is -0.621. The van der Waals surface area contributed by atoms with Gasteiger partial charge in [-0.15, -0.1) is 0 Å². The van der Waals surface area contributed by atoms with Crippen LogP contribution >= 0.6 is 0 Å². The Morgan fingerprint density at radius 3 is 1.23 bits per heavy atom. The Kier molecular flexibility index (Phi) is 9.04. The molecule has 0 aliphatic rings. The SMILES string of the molecule is CC(C)(C)CC(C)(C)NC(=O)c1cc(NC(=O)C(C)(C)C)cc(C(=O)NC(C)(C)CC(C)(C)C)c1. The van der Waals surface area contributed by atoms with Crippen molar-refractivity contribution < 1.29 is 14.4 Å². The second-order valence-electron chi connectivity index (χ2n) is 14.7. The van der Waals surface area contributed by atoms with Crippen molar-refractivity contribution in [1.82, 2.24) is 10.6 Å². The summed E-state index contributed by atoms with van der Waals surface area (Å²) in [5.74, 6) is -0.759. The van der Waals surface area contributed by atoms with Crippen LogP contribution in [0.25, 0.3) is 0 Å². The second-order valence-corrected chi connectivity index (χ2v) is 14.7. The van der Waals surface area contributed by atoms with Crippen molar-refractivity contribution in [3.8, 4) is 0 Å². The number of hydrogen-bond donors (Lipinski definition) is 3. The summed E-state index contributed by atoms with van der Waals surface area (Å²) in [6, 6.07) is 4.85. The Morgan fingerprint density at radius 2 is 0.943 bits per heavy atom. The highest BCUT2D eigenvalue weighted by Gasteiger charge is 2.30. The van der Waals surface area contributed by atoms with Crippen LogP contribution in [0.3, 0.4) is 0 Å². The summed E-state index contributed by atoms with van der Waals surface area (Å²) in [6.45, 7) is 26.2. The number of benzene rings is 1. The van der Waals surface area contributed by atoms with Crippen LogP contribution in [0.4, 0.5) is 5.69 Å². The normalized spacial score (nSPS) is 13.3. The average Bonchev–Trinajstić information content (AvgIpc) is 2.55. The van der Waals surface area contributed by atoms with E-state index in [1.165, 1.54) is 0 Å². The predicted molar refractivity (Wildman–Crippen MR) is 146 cm³/mol. The van der Waals surface area contributed by atoms with Gasteiger partial charge >= 0.3 is 0 Å². The largest absolute Gasteiger partial charge is 0.347 e. The van der Waals surface area contributed by atoms with Gasteiger partial charge in [0.25, 0.3) is 11.8 Å². The van der Waals surface area contributed by atoms with Crippen molar-refractivity contribution >= 4 is 23.4 Å². The van der Waals surface area contributed by atoms with Gasteiger partial charge in [-0.2, -0.15) is 0 Å². The third-order valence-corrected chi connectivity index (χ3v) is 5.24. The monoisotopic (exact) mass is 487 g/mol. The van der Waals surface area contributed by atoms with Crippen LogP contribution in [0.15, 0.2) is 18.2 Å². The smallest absolute Gasteiger partial charge is 0.251 e. The maximum absolute atomic E-state index is 13.3. The molecule has 0 aliphatic heterocycles. The molecule has 0 bridgehead atoms. The summed E-state index contributed by atoms with van der Waals surface area (Å²) in [5, 5.41) is 9.08. The van der Waals surface area contributed by atoms with Gasteiger partial charge in [0.15, 0.2) is 0 Å². The minimum absolute atomic E-state index is 0.0307. The van der Waals surface area contributed by atoms with E-state index in [1.807, 2.05) is 48.5 Å². The first kappa shape index (κ1) is 30.7. The highest BCUT2D eigenvalue weighted by molar-refractivity contribution is 6.03. The summed E-state index contributed by atoms with van der Waals surface area (Å²) >= 11 is 0. The van der Waals surface area contributed by atoms with Gasteiger partial charge in [-0.05, 0) is 69.6 Å². The molecule has 6 nitrogen and oxygen atoms in total. The number of nitrogens with one attached hydrogen (secondary N) is 3. The van der Waals surface area contributed by atoms with E-state index < -0.39 is 16.5 Å². The molecule has 6 heteroatoms. The van der Waals surface area contributed by atoms with E-state index in [9.17, 15) is 14.4 Å². The zero-order valence-corrected chi connectivity index (χ0v) is 24.4. The number of hydrogen-bond acceptors (Lipinski definition) is 3. The Labute approximate surface area is 213 Å². The first-order valence-corrected chi connectivity index (χ1v) is 12.5. The zero-order valence-electron chi connectivity index (χ0n) is 24.4. The number of carbonyl (C=O) groups excluding carboxylic acids is 3. The molecule has 0 saturated heterocycles. The van der Waals surface area contributed by atoms with Crippen LogP contribution in [-0.2, 0) is 4.79 Å². The molecule has 0 aliphatic carbocycles. The molecule has 1 aromatic carbocycles. The van der Waals surface area contributed by atoms with E-state index in [0.717, 1.165) is 12.8 Å². The molecule has 198 valence electrons. The van der Waals surface area contributed by atoms with Crippen molar-refractivity contribution in [2.75, 3.05) is 5.32 Å². The van der Waals surface area contributed by atoms with Crippen molar-refractivity contribution in [2.45, 2.75) is 114 Å². The molecule has 0 atom stereocenters. The lowest BCUT2D eigenvalue weighted by atomic mass is 9.81. The van der Waals surface area contributed by atoms with Crippen LogP contribution in [0.1, 0.15) is 124 Å². The molecule has 3 N–H and O–H groups in total. The molecule has 3 amide bonds. The zero-order chi connectivity index (χ0) is 27.6. The Morgan fingerprint density at radius 1 is 0.600 bits per heavy atom. The fraction of sp³-hybridized carbons (Fsp3) is 0.690. The fourth-order valence-corrected chi connectivity index (χ4v) is 4.78. The molecule has 0 aromatic heterocycles. The van der Waals surface area contributed by atoms with E-state index in [1.54, 1.807) is 18.2 Å². The minimum Gasteiger partial charge on any atom is -0.347 e. The maximum atomic E-state index is 13.3. The predicted octanol–water partition coefficient (Wildman–Crippen LogP) is 6.56. The van der Waals surface area contributed by atoms with Gasteiger partial charge in [-0.3, -0.25) is 14.4 Å². The Bertz CT molecular complexity index is 879. The van der Waals surface area contributed by atoms with Gasteiger partial charge in [-0.1, -0.05) is 62.3 Å². The van der Waals surface area contributed by atoms with Gasteiger partial charge in [-0.25, -0.2) is 0 Å². The van der Waals surface area contributed by atoms with Crippen molar-refractivity contribution in [2.24, 2.45) is 16.2 Å². The van der Waals surface area contributed by atoms with Crippen molar-refractivity contribution in [3.63, 3.8) is 0 Å². The number of carbonyl (C=O) groups is 3. The topological polar surface area (TPSA) is 87.3 Å². The number of anilines is 1. The summed E-state index contributed by atoms with van der Waals surface area (Å²) in [4.78, 5) is 39.2. The third-order valence-electron chi connectivity index (χ3n) is 5.24. The molecule has 0 radical (unpaired) electrons. The molecule has 0 unspecified atom stereocenters. The molecular weight excluding hydrogens is 438 g/mol. The van der Waals surface area contributed by atoms with E-state index in [2.05, 4.69) is 57.5 Å².